The number of carbonyl (C=O) groups is 2. The monoisotopic (exact) mass is 345 g/mol. The number of hydrogen-bond acceptors (Lipinski definition) is 4. The Balaban J connectivity index is 2.29. The third-order valence-electron chi connectivity index (χ3n) is 2.93. The van der Waals surface area contributed by atoms with Gasteiger partial charge in [0.15, 0.2) is 0 Å². The van der Waals surface area contributed by atoms with E-state index in [0.717, 1.165) is 0 Å². The fourth-order valence-electron chi connectivity index (χ4n) is 1.86. The summed E-state index contributed by atoms with van der Waals surface area (Å²) in [5.74, 6) is -0.581. The number of rotatable bonds is 4. The zero-order chi connectivity index (χ0) is 14.9. The summed E-state index contributed by atoms with van der Waals surface area (Å²) in [5.41, 5.74) is 1.08. The molecule has 0 aliphatic carbocycles. The maximum atomic E-state index is 13.6. The SMILES string of the molecule is COc1ccc(COC(C)=O)c(N2C[C@](F)(Br)C2=O)c1. The van der Waals surface area contributed by atoms with Crippen molar-refractivity contribution in [3.63, 3.8) is 0 Å². The van der Waals surface area contributed by atoms with Crippen molar-refractivity contribution in [1.29, 1.82) is 0 Å². The van der Waals surface area contributed by atoms with Gasteiger partial charge < -0.3 is 14.4 Å². The lowest BCUT2D eigenvalue weighted by atomic mass is 10.1. The van der Waals surface area contributed by atoms with E-state index < -0.39 is 16.5 Å². The molecule has 2 rings (SSSR count). The van der Waals surface area contributed by atoms with Gasteiger partial charge in [0.25, 0.3) is 10.5 Å². The number of anilines is 1. The number of esters is 1. The summed E-state index contributed by atoms with van der Waals surface area (Å²) in [6.07, 6.45) is 0. The third kappa shape index (κ3) is 2.77. The average molecular weight is 346 g/mol. The van der Waals surface area contributed by atoms with Crippen LogP contribution >= 0.6 is 15.9 Å². The number of ether oxygens (including phenoxy) is 2. The van der Waals surface area contributed by atoms with E-state index in [1.165, 1.54) is 18.9 Å². The molecule has 1 atom stereocenters. The topological polar surface area (TPSA) is 55.8 Å². The van der Waals surface area contributed by atoms with Gasteiger partial charge >= 0.3 is 5.97 Å². The Morgan fingerprint density at radius 3 is 2.75 bits per heavy atom. The van der Waals surface area contributed by atoms with Crippen molar-refractivity contribution >= 4 is 33.5 Å². The predicted octanol–water partition coefficient (Wildman–Crippen LogP) is 2.17. The molecular weight excluding hydrogens is 333 g/mol. The lowest BCUT2D eigenvalue weighted by molar-refractivity contribution is -0.142. The highest BCUT2D eigenvalue weighted by Crippen LogP contribution is 2.39. The van der Waals surface area contributed by atoms with Crippen molar-refractivity contribution in [3.8, 4) is 5.75 Å². The maximum Gasteiger partial charge on any atom is 0.302 e. The van der Waals surface area contributed by atoms with Crippen molar-refractivity contribution in [3.05, 3.63) is 23.8 Å². The van der Waals surface area contributed by atoms with Crippen LogP contribution in [0.4, 0.5) is 10.1 Å². The highest BCUT2D eigenvalue weighted by Gasteiger charge is 2.52. The van der Waals surface area contributed by atoms with Crippen LogP contribution in [0.15, 0.2) is 18.2 Å². The van der Waals surface area contributed by atoms with Gasteiger partial charge in [-0.05, 0) is 28.1 Å². The summed E-state index contributed by atoms with van der Waals surface area (Å²) in [6, 6.07) is 4.97. The number of β-lactam (4-membered cyclic amide) rings is 1. The normalized spacial score (nSPS) is 21.4. The lowest BCUT2D eigenvalue weighted by Crippen LogP contribution is -2.61. The van der Waals surface area contributed by atoms with Crippen LogP contribution in [0.1, 0.15) is 12.5 Å². The van der Waals surface area contributed by atoms with Crippen LogP contribution in [0.5, 0.6) is 5.75 Å². The summed E-state index contributed by atoms with van der Waals surface area (Å²) in [5, 5.41) is 0. The molecule has 0 aromatic heterocycles. The zero-order valence-electron chi connectivity index (χ0n) is 11.0. The number of methoxy groups -OCH3 is 1. The van der Waals surface area contributed by atoms with Gasteiger partial charge in [-0.3, -0.25) is 9.59 Å². The van der Waals surface area contributed by atoms with Crippen LogP contribution in [-0.4, -0.2) is 30.1 Å². The van der Waals surface area contributed by atoms with Crippen LogP contribution in [0, 0.1) is 0 Å². The molecule has 1 fully saturated rings. The maximum absolute atomic E-state index is 13.6. The first-order valence-electron chi connectivity index (χ1n) is 5.85. The minimum Gasteiger partial charge on any atom is -0.497 e. The second-order valence-electron chi connectivity index (χ2n) is 4.37. The van der Waals surface area contributed by atoms with Crippen molar-refractivity contribution in [1.82, 2.24) is 0 Å². The summed E-state index contributed by atoms with van der Waals surface area (Å²) in [4.78, 5) is 23.9. The van der Waals surface area contributed by atoms with Crippen molar-refractivity contribution in [2.75, 3.05) is 18.6 Å². The molecule has 1 heterocycles. The van der Waals surface area contributed by atoms with Gasteiger partial charge in [0.05, 0.1) is 19.3 Å². The Bertz CT molecular complexity index is 561. The molecule has 0 unspecified atom stereocenters. The molecule has 0 spiro atoms. The number of alkyl halides is 2. The minimum absolute atomic E-state index is 0.0139. The van der Waals surface area contributed by atoms with E-state index in [1.807, 2.05) is 0 Å². The molecule has 108 valence electrons. The van der Waals surface area contributed by atoms with Gasteiger partial charge in [0.2, 0.25) is 0 Å². The molecule has 0 saturated carbocycles. The molecule has 0 bridgehead atoms. The smallest absolute Gasteiger partial charge is 0.302 e. The van der Waals surface area contributed by atoms with Gasteiger partial charge in [-0.15, -0.1) is 0 Å². The number of amides is 1. The van der Waals surface area contributed by atoms with Gasteiger partial charge in [-0.1, -0.05) is 0 Å². The van der Waals surface area contributed by atoms with E-state index in [0.29, 0.717) is 17.0 Å². The Labute approximate surface area is 123 Å². The molecule has 20 heavy (non-hydrogen) atoms. The highest BCUT2D eigenvalue weighted by atomic mass is 79.9. The van der Waals surface area contributed by atoms with Gasteiger partial charge in [-0.25, -0.2) is 4.39 Å². The molecule has 1 amide bonds. The number of carbonyl (C=O) groups excluding carboxylic acids is 2. The quantitative estimate of drug-likeness (QED) is 0.476. The summed E-state index contributed by atoms with van der Waals surface area (Å²) in [6.45, 7) is 1.20. The molecule has 1 aromatic rings. The van der Waals surface area contributed by atoms with Crippen LogP contribution in [-0.2, 0) is 20.9 Å². The van der Waals surface area contributed by atoms with Gasteiger partial charge in [0.1, 0.15) is 12.4 Å². The first-order valence-corrected chi connectivity index (χ1v) is 6.64. The Hall–Kier alpha value is -1.63. The van der Waals surface area contributed by atoms with Gasteiger partial charge in [-0.2, -0.15) is 0 Å². The second kappa shape index (κ2) is 5.40. The Kier molecular flexibility index (Phi) is 3.99. The summed E-state index contributed by atoms with van der Waals surface area (Å²) >= 11 is 2.72. The van der Waals surface area contributed by atoms with Crippen LogP contribution in [0.3, 0.4) is 0 Å². The van der Waals surface area contributed by atoms with Gasteiger partial charge in [0, 0.05) is 18.6 Å². The van der Waals surface area contributed by atoms with E-state index in [-0.39, 0.29) is 13.2 Å². The summed E-state index contributed by atoms with van der Waals surface area (Å²) < 4.78 is 21.6. The number of benzene rings is 1. The van der Waals surface area contributed by atoms with Crippen LogP contribution < -0.4 is 9.64 Å². The number of nitrogens with zero attached hydrogens (tertiary/aromatic N) is 1. The van der Waals surface area contributed by atoms with Crippen LogP contribution in [0.2, 0.25) is 0 Å². The van der Waals surface area contributed by atoms with E-state index in [9.17, 15) is 14.0 Å². The van der Waals surface area contributed by atoms with E-state index >= 15 is 0 Å². The first-order chi connectivity index (χ1) is 9.35. The molecule has 1 saturated heterocycles. The van der Waals surface area contributed by atoms with Crippen molar-refractivity contribution < 1.29 is 23.5 Å². The average Bonchev–Trinajstić information content (AvgIpc) is 2.42. The fourth-order valence-corrected chi connectivity index (χ4v) is 2.33. The minimum atomic E-state index is -2.02. The molecule has 1 aliphatic rings. The van der Waals surface area contributed by atoms with Crippen LogP contribution in [0.25, 0.3) is 0 Å². The molecular formula is C13H13BrFNO4. The summed E-state index contributed by atoms with van der Waals surface area (Å²) in [7, 11) is 1.49. The molecule has 7 heteroatoms. The lowest BCUT2D eigenvalue weighted by Gasteiger charge is -2.40. The molecule has 1 aliphatic heterocycles. The number of hydrogen-bond donors (Lipinski definition) is 0. The number of halogens is 2. The highest BCUT2D eigenvalue weighted by molar-refractivity contribution is 9.10. The molecule has 5 nitrogen and oxygen atoms in total. The zero-order valence-corrected chi connectivity index (χ0v) is 12.6. The van der Waals surface area contributed by atoms with Crippen molar-refractivity contribution in [2.45, 2.75) is 18.1 Å². The Morgan fingerprint density at radius 1 is 1.55 bits per heavy atom. The van der Waals surface area contributed by atoms with E-state index in [4.69, 9.17) is 9.47 Å². The van der Waals surface area contributed by atoms with E-state index in [2.05, 4.69) is 15.9 Å². The first kappa shape index (κ1) is 14.8. The second-order valence-corrected chi connectivity index (χ2v) is 5.63. The Morgan fingerprint density at radius 2 is 2.25 bits per heavy atom. The molecule has 1 aromatic carbocycles. The third-order valence-corrected chi connectivity index (χ3v) is 3.52. The predicted molar refractivity (Wildman–Crippen MR) is 73.6 cm³/mol. The largest absolute Gasteiger partial charge is 0.497 e. The fraction of sp³-hybridized carbons (Fsp3) is 0.385. The van der Waals surface area contributed by atoms with E-state index in [1.54, 1.807) is 18.2 Å². The standard InChI is InChI=1S/C13H13BrFNO4/c1-8(17)20-6-9-3-4-10(19-2)5-11(9)16-7-13(14,15)12(16)18/h3-5H,6-7H2,1-2H3/t13-/m1/s1. The van der Waals surface area contributed by atoms with Crippen molar-refractivity contribution in [2.24, 2.45) is 0 Å². The molecule has 0 radical (unpaired) electrons. The molecule has 0 N–H and O–H groups in total.